The molecule has 11 heteroatoms. The Morgan fingerprint density at radius 3 is 2.64 bits per heavy atom. The van der Waals surface area contributed by atoms with E-state index in [-0.39, 0.29) is 24.3 Å². The van der Waals surface area contributed by atoms with Gasteiger partial charge in [-0.05, 0) is 43.2 Å². The Morgan fingerprint density at radius 1 is 1.11 bits per heavy atom. The predicted octanol–water partition coefficient (Wildman–Crippen LogP) is 2.39. The van der Waals surface area contributed by atoms with Crippen molar-refractivity contribution in [3.05, 3.63) is 65.5 Å². The topological polar surface area (TPSA) is 92.8 Å². The summed E-state index contributed by atoms with van der Waals surface area (Å²) >= 11 is 0. The molecule has 0 radical (unpaired) electrons. The zero-order chi connectivity index (χ0) is 25.5. The molecule has 2 aliphatic rings. The minimum Gasteiger partial charge on any atom is -0.381 e. The average molecular weight is 507 g/mol. The van der Waals surface area contributed by atoms with E-state index >= 15 is 0 Å². The van der Waals surface area contributed by atoms with Crippen LogP contribution < -0.4 is 10.6 Å². The third-order valence-electron chi connectivity index (χ3n) is 6.38. The molecule has 1 aromatic carbocycles. The molecule has 2 atom stereocenters. The lowest BCUT2D eigenvalue weighted by atomic mass is 10.1. The number of carbonyl (C=O) groups excluding carboxylic acids is 2. The van der Waals surface area contributed by atoms with Gasteiger partial charge in [0.05, 0.1) is 36.6 Å². The number of ether oxygens (including phenoxy) is 2. The zero-order valence-electron chi connectivity index (χ0n) is 19.7. The van der Waals surface area contributed by atoms with Gasteiger partial charge in [-0.1, -0.05) is 12.1 Å². The van der Waals surface area contributed by atoms with E-state index in [1.807, 2.05) is 18.2 Å². The first-order chi connectivity index (χ1) is 17.3. The van der Waals surface area contributed by atoms with Gasteiger partial charge in [0.15, 0.2) is 0 Å². The maximum atomic E-state index is 12.9. The van der Waals surface area contributed by atoms with Crippen LogP contribution in [0.3, 0.4) is 0 Å². The Kier molecular flexibility index (Phi) is 8.55. The van der Waals surface area contributed by atoms with Crippen molar-refractivity contribution in [2.45, 2.75) is 43.8 Å². The molecule has 2 aromatic rings. The van der Waals surface area contributed by atoms with E-state index in [9.17, 15) is 22.8 Å². The average Bonchev–Trinajstić information content (AvgIpc) is 3.29. The highest BCUT2D eigenvalue weighted by molar-refractivity contribution is 5.96. The van der Waals surface area contributed by atoms with Gasteiger partial charge in [0, 0.05) is 44.1 Å². The number of benzene rings is 1. The van der Waals surface area contributed by atoms with Gasteiger partial charge in [-0.2, -0.15) is 13.2 Å². The van der Waals surface area contributed by atoms with Crippen LogP contribution in [0, 0.1) is 0 Å². The second kappa shape index (κ2) is 11.8. The van der Waals surface area contributed by atoms with Crippen LogP contribution in [0.5, 0.6) is 0 Å². The quantitative estimate of drug-likeness (QED) is 0.571. The van der Waals surface area contributed by atoms with Crippen LogP contribution in [0.2, 0.25) is 0 Å². The van der Waals surface area contributed by atoms with E-state index in [1.165, 1.54) is 6.07 Å². The van der Waals surface area contributed by atoms with E-state index in [0.29, 0.717) is 39.0 Å². The highest BCUT2D eigenvalue weighted by Crippen LogP contribution is 2.29. The first kappa shape index (κ1) is 26.1. The highest BCUT2D eigenvalue weighted by atomic mass is 19.4. The second-order valence-corrected chi connectivity index (χ2v) is 8.90. The monoisotopic (exact) mass is 506 g/mol. The number of rotatable bonds is 8. The van der Waals surface area contributed by atoms with Crippen LogP contribution in [0.1, 0.15) is 34.5 Å². The third-order valence-corrected chi connectivity index (χ3v) is 6.38. The van der Waals surface area contributed by atoms with Crippen LogP contribution in [0.15, 0.2) is 48.7 Å². The minimum absolute atomic E-state index is 0.166. The summed E-state index contributed by atoms with van der Waals surface area (Å²) in [5, 5.41) is 5.32. The normalized spacial score (nSPS) is 21.3. The maximum Gasteiger partial charge on any atom is 0.416 e. The molecule has 36 heavy (non-hydrogen) atoms. The molecule has 0 bridgehead atoms. The lowest BCUT2D eigenvalue weighted by Crippen LogP contribution is -2.48. The van der Waals surface area contributed by atoms with Gasteiger partial charge >= 0.3 is 6.18 Å². The van der Waals surface area contributed by atoms with E-state index < -0.39 is 23.6 Å². The number of nitrogens with zero attached hydrogens (tertiary/aromatic N) is 2. The number of carbonyl (C=O) groups is 2. The molecule has 0 saturated carbocycles. The van der Waals surface area contributed by atoms with E-state index in [2.05, 4.69) is 20.5 Å². The summed E-state index contributed by atoms with van der Waals surface area (Å²) in [6.45, 7) is 2.55. The molecular weight excluding hydrogens is 477 g/mol. The SMILES string of the molecule is O=C(CNC(=O)c1cccc(C(F)(F)F)c1)N[C@@H]1CN(C2CCOCC2)C[C@H]1OCc1ccccn1. The standard InChI is InChI=1S/C25H29F3N4O4/c26-25(27,28)18-5-3-4-17(12-18)24(34)30-13-23(33)31-21-14-32(20-7-10-35-11-8-20)15-22(21)36-16-19-6-1-2-9-29-19/h1-6,9,12,20-22H,7-8,10-11,13-16H2,(H,30,34)(H,31,33)/t21-,22-/m1/s1. The van der Waals surface area contributed by atoms with Crippen molar-refractivity contribution >= 4 is 11.8 Å². The van der Waals surface area contributed by atoms with Crippen molar-refractivity contribution in [1.29, 1.82) is 0 Å². The number of amides is 2. The summed E-state index contributed by atoms with van der Waals surface area (Å²) < 4.78 is 50.4. The lowest BCUT2D eigenvalue weighted by molar-refractivity contribution is -0.137. The maximum absolute atomic E-state index is 12.9. The fourth-order valence-electron chi connectivity index (χ4n) is 4.49. The molecule has 3 heterocycles. The molecule has 8 nitrogen and oxygen atoms in total. The van der Waals surface area contributed by atoms with Crippen LogP contribution in [0.4, 0.5) is 13.2 Å². The van der Waals surface area contributed by atoms with Crippen LogP contribution in [-0.2, 0) is 27.1 Å². The van der Waals surface area contributed by atoms with E-state index in [1.54, 1.807) is 6.20 Å². The number of hydrogen-bond donors (Lipinski definition) is 2. The molecule has 4 rings (SSSR count). The first-order valence-corrected chi connectivity index (χ1v) is 11.9. The van der Waals surface area contributed by atoms with E-state index in [4.69, 9.17) is 9.47 Å². The van der Waals surface area contributed by atoms with Crippen molar-refractivity contribution in [2.75, 3.05) is 32.8 Å². The van der Waals surface area contributed by atoms with Crippen molar-refractivity contribution in [3.63, 3.8) is 0 Å². The summed E-state index contributed by atoms with van der Waals surface area (Å²) in [5.41, 5.74) is -0.312. The number of pyridine rings is 1. The number of halogens is 3. The number of likely N-dealkylation sites (tertiary alicyclic amines) is 1. The molecule has 0 unspecified atom stereocenters. The van der Waals surface area contributed by atoms with Gasteiger partial charge in [0.25, 0.3) is 5.91 Å². The minimum atomic E-state index is -4.56. The van der Waals surface area contributed by atoms with Gasteiger partial charge in [-0.15, -0.1) is 0 Å². The molecule has 2 fully saturated rings. The molecular formula is C25H29F3N4O4. The van der Waals surface area contributed by atoms with Crippen LogP contribution in [-0.4, -0.2) is 72.7 Å². The largest absolute Gasteiger partial charge is 0.416 e. The van der Waals surface area contributed by atoms with Crippen molar-refractivity contribution < 1.29 is 32.2 Å². The number of nitrogens with one attached hydrogen (secondary N) is 2. The second-order valence-electron chi connectivity index (χ2n) is 8.90. The molecule has 2 N–H and O–H groups in total. The Labute approximate surface area is 207 Å². The van der Waals surface area contributed by atoms with E-state index in [0.717, 1.165) is 36.7 Å². The van der Waals surface area contributed by atoms with Crippen LogP contribution in [0.25, 0.3) is 0 Å². The number of hydrogen-bond acceptors (Lipinski definition) is 6. The van der Waals surface area contributed by atoms with Crippen molar-refractivity contribution in [3.8, 4) is 0 Å². The first-order valence-electron chi connectivity index (χ1n) is 11.9. The summed E-state index contributed by atoms with van der Waals surface area (Å²) in [5.74, 6) is -1.20. The van der Waals surface area contributed by atoms with Gasteiger partial charge in [0.1, 0.15) is 0 Å². The molecule has 0 aliphatic carbocycles. The van der Waals surface area contributed by atoms with Gasteiger partial charge in [-0.3, -0.25) is 19.5 Å². The molecule has 0 spiro atoms. The van der Waals surface area contributed by atoms with Gasteiger partial charge < -0.3 is 20.1 Å². The smallest absolute Gasteiger partial charge is 0.381 e. The van der Waals surface area contributed by atoms with Crippen molar-refractivity contribution in [1.82, 2.24) is 20.5 Å². The molecule has 2 aliphatic heterocycles. The summed E-state index contributed by atoms with van der Waals surface area (Å²) in [6.07, 6.45) is -1.34. The predicted molar refractivity (Wildman–Crippen MR) is 124 cm³/mol. The van der Waals surface area contributed by atoms with Gasteiger partial charge in [0.2, 0.25) is 5.91 Å². The summed E-state index contributed by atoms with van der Waals surface area (Å²) in [6, 6.07) is 9.66. The van der Waals surface area contributed by atoms with Crippen LogP contribution >= 0.6 is 0 Å². The lowest BCUT2D eigenvalue weighted by Gasteiger charge is -2.30. The fraction of sp³-hybridized carbons (Fsp3) is 0.480. The Balaban J connectivity index is 1.34. The number of aromatic nitrogens is 1. The molecule has 2 saturated heterocycles. The molecule has 194 valence electrons. The molecule has 2 amide bonds. The fourth-order valence-corrected chi connectivity index (χ4v) is 4.49. The summed E-state index contributed by atoms with van der Waals surface area (Å²) in [7, 11) is 0. The van der Waals surface area contributed by atoms with Gasteiger partial charge in [-0.25, -0.2) is 0 Å². The Hall–Kier alpha value is -3.02. The van der Waals surface area contributed by atoms with Crippen molar-refractivity contribution in [2.24, 2.45) is 0 Å². The number of alkyl halides is 3. The molecule has 1 aromatic heterocycles. The highest BCUT2D eigenvalue weighted by Gasteiger charge is 2.38. The third kappa shape index (κ3) is 7.02. The summed E-state index contributed by atoms with van der Waals surface area (Å²) in [4.78, 5) is 31.6. The Bertz CT molecular complexity index is 1030. The Morgan fingerprint density at radius 2 is 1.92 bits per heavy atom. The zero-order valence-corrected chi connectivity index (χ0v) is 19.7.